The smallest absolute Gasteiger partial charge is 0.326 e. The Balaban J connectivity index is 2.71. The van der Waals surface area contributed by atoms with Crippen LogP contribution in [0.5, 0.6) is 0 Å². The molecule has 0 aliphatic heterocycles. The third kappa shape index (κ3) is 4.68. The van der Waals surface area contributed by atoms with Crippen molar-refractivity contribution in [3.8, 4) is 0 Å². The van der Waals surface area contributed by atoms with Crippen molar-refractivity contribution in [2.75, 3.05) is 13.7 Å². The molecule has 4 nitrogen and oxygen atoms in total. The summed E-state index contributed by atoms with van der Waals surface area (Å²) in [7, 11) is 1.48. The largest absolute Gasteiger partial charge is 0.468 e. The van der Waals surface area contributed by atoms with Gasteiger partial charge in [-0.15, -0.1) is 0 Å². The van der Waals surface area contributed by atoms with Crippen molar-refractivity contribution in [1.29, 1.82) is 0 Å². The second kappa shape index (κ2) is 7.59. The van der Waals surface area contributed by atoms with Crippen LogP contribution >= 0.6 is 0 Å². The lowest BCUT2D eigenvalue weighted by atomic mass is 9.84. The molecule has 21 heavy (non-hydrogen) atoms. The topological polar surface area (TPSA) is 47.6 Å². The SMILES string of the molecule is CCC(C)(C)OCCC1CCCC1(NC(C)C)C(=O)OC. The van der Waals surface area contributed by atoms with Crippen LogP contribution in [0.3, 0.4) is 0 Å². The highest BCUT2D eigenvalue weighted by atomic mass is 16.5. The van der Waals surface area contributed by atoms with E-state index in [1.807, 2.05) is 0 Å². The number of hydrogen-bond acceptors (Lipinski definition) is 4. The van der Waals surface area contributed by atoms with Crippen LogP contribution in [0.15, 0.2) is 0 Å². The quantitative estimate of drug-likeness (QED) is 0.699. The monoisotopic (exact) mass is 299 g/mol. The van der Waals surface area contributed by atoms with E-state index in [-0.39, 0.29) is 17.6 Å². The van der Waals surface area contributed by atoms with Crippen LogP contribution in [0.4, 0.5) is 0 Å². The summed E-state index contributed by atoms with van der Waals surface area (Å²) in [6, 6.07) is 0.262. The molecule has 4 heteroatoms. The van der Waals surface area contributed by atoms with Crippen molar-refractivity contribution in [2.24, 2.45) is 5.92 Å². The Morgan fingerprint density at radius 1 is 1.43 bits per heavy atom. The fraction of sp³-hybridized carbons (Fsp3) is 0.941. The molecular weight excluding hydrogens is 266 g/mol. The zero-order valence-corrected chi connectivity index (χ0v) is 14.6. The van der Waals surface area contributed by atoms with Gasteiger partial charge in [-0.25, -0.2) is 0 Å². The Morgan fingerprint density at radius 3 is 2.62 bits per heavy atom. The van der Waals surface area contributed by atoms with Gasteiger partial charge in [-0.1, -0.05) is 13.3 Å². The Hall–Kier alpha value is -0.610. The summed E-state index contributed by atoms with van der Waals surface area (Å²) in [6.45, 7) is 11.2. The molecule has 1 aliphatic carbocycles. The van der Waals surface area contributed by atoms with E-state index >= 15 is 0 Å². The minimum atomic E-state index is -0.525. The van der Waals surface area contributed by atoms with Gasteiger partial charge in [0.15, 0.2) is 0 Å². The van der Waals surface area contributed by atoms with Crippen LogP contribution in [-0.2, 0) is 14.3 Å². The van der Waals surface area contributed by atoms with Gasteiger partial charge in [0, 0.05) is 12.6 Å². The van der Waals surface area contributed by atoms with E-state index in [9.17, 15) is 4.79 Å². The van der Waals surface area contributed by atoms with Crippen molar-refractivity contribution < 1.29 is 14.3 Å². The maximum Gasteiger partial charge on any atom is 0.326 e. The van der Waals surface area contributed by atoms with Crippen LogP contribution in [0.25, 0.3) is 0 Å². The molecule has 1 saturated carbocycles. The number of methoxy groups -OCH3 is 1. The number of nitrogens with one attached hydrogen (secondary N) is 1. The first-order valence-corrected chi connectivity index (χ1v) is 8.27. The van der Waals surface area contributed by atoms with Gasteiger partial charge >= 0.3 is 5.97 Å². The molecule has 0 amide bonds. The molecule has 1 fully saturated rings. The van der Waals surface area contributed by atoms with Crippen molar-refractivity contribution in [2.45, 2.75) is 83.9 Å². The third-order valence-electron chi connectivity index (χ3n) is 4.73. The molecule has 0 radical (unpaired) electrons. The molecule has 0 aromatic rings. The van der Waals surface area contributed by atoms with E-state index in [2.05, 4.69) is 39.9 Å². The van der Waals surface area contributed by atoms with E-state index in [0.717, 1.165) is 32.1 Å². The Bertz CT molecular complexity index is 341. The summed E-state index contributed by atoms with van der Waals surface area (Å²) in [5.41, 5.74) is -0.610. The lowest BCUT2D eigenvalue weighted by Gasteiger charge is -2.36. The molecule has 0 bridgehead atoms. The standard InChI is InChI=1S/C17H33NO3/c1-7-16(4,5)21-12-10-14-9-8-11-17(14,15(19)20-6)18-13(2)3/h13-14,18H,7-12H2,1-6H3. The predicted octanol–water partition coefficient (Wildman–Crippen LogP) is 3.29. The van der Waals surface area contributed by atoms with E-state index in [1.54, 1.807) is 0 Å². The summed E-state index contributed by atoms with van der Waals surface area (Å²) in [5.74, 6) is 0.174. The number of esters is 1. The molecule has 0 aromatic carbocycles. The van der Waals surface area contributed by atoms with E-state index < -0.39 is 5.54 Å². The Kier molecular flexibility index (Phi) is 6.67. The minimum absolute atomic E-state index is 0.0853. The van der Waals surface area contributed by atoms with E-state index in [1.165, 1.54) is 7.11 Å². The molecular formula is C17H33NO3. The first-order chi connectivity index (χ1) is 9.77. The van der Waals surface area contributed by atoms with Gasteiger partial charge in [0.05, 0.1) is 12.7 Å². The second-order valence-electron chi connectivity index (χ2n) is 7.10. The fourth-order valence-electron chi connectivity index (χ4n) is 3.26. The second-order valence-corrected chi connectivity index (χ2v) is 7.10. The van der Waals surface area contributed by atoms with Crippen LogP contribution in [0.2, 0.25) is 0 Å². The van der Waals surface area contributed by atoms with E-state index in [4.69, 9.17) is 9.47 Å². The first kappa shape index (κ1) is 18.4. The van der Waals surface area contributed by atoms with Crippen molar-refractivity contribution >= 4 is 5.97 Å². The molecule has 0 saturated heterocycles. The number of carbonyl (C=O) groups excluding carboxylic acids is 1. The van der Waals surface area contributed by atoms with Crippen molar-refractivity contribution in [1.82, 2.24) is 5.32 Å². The van der Waals surface area contributed by atoms with Gasteiger partial charge in [0.1, 0.15) is 5.54 Å². The Labute approximate surface area is 130 Å². The molecule has 0 heterocycles. The zero-order valence-electron chi connectivity index (χ0n) is 14.6. The average Bonchev–Trinajstić information content (AvgIpc) is 2.81. The molecule has 0 aromatic heterocycles. The van der Waals surface area contributed by atoms with Crippen molar-refractivity contribution in [3.05, 3.63) is 0 Å². The van der Waals surface area contributed by atoms with Gasteiger partial charge in [-0.2, -0.15) is 0 Å². The van der Waals surface area contributed by atoms with Crippen LogP contribution < -0.4 is 5.32 Å². The normalized spacial score (nSPS) is 26.3. The zero-order chi connectivity index (χ0) is 16.1. The maximum absolute atomic E-state index is 12.4. The van der Waals surface area contributed by atoms with Gasteiger partial charge in [0.2, 0.25) is 0 Å². The van der Waals surface area contributed by atoms with Crippen LogP contribution in [0, 0.1) is 5.92 Å². The number of carbonyl (C=O) groups is 1. The molecule has 2 atom stereocenters. The highest BCUT2D eigenvalue weighted by Crippen LogP contribution is 2.39. The maximum atomic E-state index is 12.4. The van der Waals surface area contributed by atoms with Gasteiger partial charge in [0.25, 0.3) is 0 Å². The van der Waals surface area contributed by atoms with Gasteiger partial charge < -0.3 is 9.47 Å². The molecule has 124 valence electrons. The minimum Gasteiger partial charge on any atom is -0.468 e. The summed E-state index contributed by atoms with van der Waals surface area (Å²) in [5, 5.41) is 3.49. The third-order valence-corrected chi connectivity index (χ3v) is 4.73. The predicted molar refractivity (Wildman–Crippen MR) is 85.3 cm³/mol. The first-order valence-electron chi connectivity index (χ1n) is 8.27. The molecule has 1 aliphatic rings. The molecule has 1 N–H and O–H groups in total. The fourth-order valence-corrected chi connectivity index (χ4v) is 3.26. The molecule has 1 rings (SSSR count). The average molecular weight is 299 g/mol. The molecule has 0 spiro atoms. The van der Waals surface area contributed by atoms with Crippen LogP contribution in [0.1, 0.15) is 66.7 Å². The number of ether oxygens (including phenoxy) is 2. The molecule has 2 unspecified atom stereocenters. The van der Waals surface area contributed by atoms with Gasteiger partial charge in [-0.05, 0) is 59.3 Å². The summed E-state index contributed by atoms with van der Waals surface area (Å²) in [6.07, 6.45) is 4.88. The summed E-state index contributed by atoms with van der Waals surface area (Å²) in [4.78, 5) is 12.4. The lowest BCUT2D eigenvalue weighted by Crippen LogP contribution is -2.57. The van der Waals surface area contributed by atoms with Crippen LogP contribution in [-0.4, -0.2) is 36.9 Å². The van der Waals surface area contributed by atoms with Crippen molar-refractivity contribution in [3.63, 3.8) is 0 Å². The highest BCUT2D eigenvalue weighted by molar-refractivity contribution is 5.81. The number of hydrogen-bond donors (Lipinski definition) is 1. The lowest BCUT2D eigenvalue weighted by molar-refractivity contribution is -0.151. The van der Waals surface area contributed by atoms with E-state index in [0.29, 0.717) is 12.5 Å². The Morgan fingerprint density at radius 2 is 2.10 bits per heavy atom. The summed E-state index contributed by atoms with van der Waals surface area (Å²) >= 11 is 0. The number of rotatable bonds is 8. The van der Waals surface area contributed by atoms with Gasteiger partial charge in [-0.3, -0.25) is 10.1 Å². The highest BCUT2D eigenvalue weighted by Gasteiger charge is 2.49. The summed E-state index contributed by atoms with van der Waals surface area (Å²) < 4.78 is 11.1.